The van der Waals surface area contributed by atoms with E-state index < -0.39 is 0 Å². The van der Waals surface area contributed by atoms with Crippen molar-refractivity contribution in [2.24, 2.45) is 0 Å². The van der Waals surface area contributed by atoms with Crippen molar-refractivity contribution in [3.05, 3.63) is 36.6 Å². The fraction of sp³-hybridized carbons (Fsp3) is 0.741. The van der Waals surface area contributed by atoms with Gasteiger partial charge in [-0.15, -0.1) is 6.58 Å². The topological polar surface area (TPSA) is 67.0 Å². The highest BCUT2D eigenvalue weighted by Crippen LogP contribution is 2.25. The molecule has 0 aromatic heterocycles. The first-order valence-electron chi connectivity index (χ1n) is 12.4. The Kier molecular flexibility index (Phi) is 18.2. The van der Waals surface area contributed by atoms with E-state index in [-0.39, 0.29) is 23.7 Å². The van der Waals surface area contributed by atoms with Gasteiger partial charge in [0, 0.05) is 25.7 Å². The van der Waals surface area contributed by atoms with E-state index in [2.05, 4.69) is 33.1 Å². The van der Waals surface area contributed by atoms with E-state index in [0.717, 1.165) is 76.4 Å². The summed E-state index contributed by atoms with van der Waals surface area (Å²) in [7, 11) is 0. The largest absolute Gasteiger partial charge is 0.495 e. The average Bonchev–Trinajstić information content (AvgIpc) is 2.70. The van der Waals surface area contributed by atoms with Crippen molar-refractivity contribution in [2.45, 2.75) is 129 Å². The Balaban J connectivity index is 0.00000900. The molecule has 1 saturated carbocycles. The van der Waals surface area contributed by atoms with Gasteiger partial charge in [0.1, 0.15) is 12.2 Å². The predicted octanol–water partition coefficient (Wildman–Crippen LogP) is 7.38. The van der Waals surface area contributed by atoms with Gasteiger partial charge in [0.25, 0.3) is 0 Å². The molecular weight excluding hydrogens is 388 g/mol. The zero-order chi connectivity index (χ0) is 22.0. The zero-order valence-corrected chi connectivity index (χ0v) is 20.3. The summed E-state index contributed by atoms with van der Waals surface area (Å²) in [5.74, 6) is 1.13. The standard InChI is InChI=1S/C27H46O3.H2O/c1-5-15-24(16-6-2)29-25(17-7-3)19-12-10-8-9-11-13-21-27(28)30-26-20-14-18-23(4)22-26;/h5,17,24,26H,1,4,6-16,18-22H2,2-3H3;1H2/b25-17+;. The van der Waals surface area contributed by atoms with Crippen LogP contribution < -0.4 is 0 Å². The maximum Gasteiger partial charge on any atom is 0.306 e. The number of unbranched alkanes of at least 4 members (excludes halogenated alkanes) is 5. The van der Waals surface area contributed by atoms with Gasteiger partial charge in [0.2, 0.25) is 0 Å². The number of allylic oxidation sites excluding steroid dienone is 2. The van der Waals surface area contributed by atoms with Crippen molar-refractivity contribution in [3.63, 3.8) is 0 Å². The highest BCUT2D eigenvalue weighted by atomic mass is 16.5. The van der Waals surface area contributed by atoms with Crippen molar-refractivity contribution >= 4 is 5.97 Å². The van der Waals surface area contributed by atoms with Gasteiger partial charge >= 0.3 is 5.97 Å². The number of hydrogen-bond donors (Lipinski definition) is 0. The minimum atomic E-state index is -0.0256. The third-order valence-electron chi connectivity index (χ3n) is 5.72. The predicted molar refractivity (Wildman–Crippen MR) is 131 cm³/mol. The Morgan fingerprint density at radius 3 is 2.42 bits per heavy atom. The first-order valence-corrected chi connectivity index (χ1v) is 12.4. The van der Waals surface area contributed by atoms with Crippen LogP contribution in [-0.4, -0.2) is 23.7 Å². The molecule has 0 aromatic carbocycles. The van der Waals surface area contributed by atoms with Crippen molar-refractivity contribution in [1.82, 2.24) is 0 Å². The number of carbonyl (C=O) groups excluding carboxylic acids is 1. The highest BCUT2D eigenvalue weighted by molar-refractivity contribution is 5.69. The lowest BCUT2D eigenvalue weighted by atomic mass is 9.94. The lowest BCUT2D eigenvalue weighted by molar-refractivity contribution is -0.149. The number of esters is 1. The van der Waals surface area contributed by atoms with E-state index in [1.165, 1.54) is 31.3 Å². The molecule has 0 spiro atoms. The first kappa shape index (κ1) is 29.5. The molecule has 2 N–H and O–H groups in total. The summed E-state index contributed by atoms with van der Waals surface area (Å²) in [6, 6.07) is 0. The summed E-state index contributed by atoms with van der Waals surface area (Å²) < 4.78 is 11.8. The molecule has 0 radical (unpaired) electrons. The third-order valence-corrected chi connectivity index (χ3v) is 5.72. The van der Waals surface area contributed by atoms with Crippen LogP contribution in [0.2, 0.25) is 0 Å². The Labute approximate surface area is 191 Å². The molecule has 0 bridgehead atoms. The molecule has 1 aliphatic rings. The van der Waals surface area contributed by atoms with Crippen molar-refractivity contribution in [1.29, 1.82) is 0 Å². The maximum absolute atomic E-state index is 12.0. The van der Waals surface area contributed by atoms with Crippen LogP contribution in [0.15, 0.2) is 36.6 Å². The van der Waals surface area contributed by atoms with Crippen LogP contribution in [0.4, 0.5) is 0 Å². The minimum absolute atomic E-state index is 0. The summed E-state index contributed by atoms with van der Waals surface area (Å²) in [5, 5.41) is 0. The van der Waals surface area contributed by atoms with E-state index in [1.807, 2.05) is 6.08 Å². The molecule has 2 unspecified atom stereocenters. The maximum atomic E-state index is 12.0. The summed E-state index contributed by atoms with van der Waals surface area (Å²) in [6.45, 7) is 12.3. The molecule has 2 atom stereocenters. The van der Waals surface area contributed by atoms with Gasteiger partial charge in [-0.2, -0.15) is 0 Å². The van der Waals surface area contributed by atoms with E-state index in [4.69, 9.17) is 9.47 Å². The molecule has 0 heterocycles. The molecule has 0 aromatic rings. The van der Waals surface area contributed by atoms with E-state index in [0.29, 0.717) is 6.42 Å². The SMILES string of the molecule is C=CCC(CCC)O/C(=C/CC)CCCCCCCCC(=O)OC1CCCC(=C)C1.O. The normalized spacial score (nSPS) is 17.5. The fourth-order valence-corrected chi connectivity index (χ4v) is 4.11. The van der Waals surface area contributed by atoms with E-state index in [9.17, 15) is 4.79 Å². The molecule has 0 aliphatic heterocycles. The minimum Gasteiger partial charge on any atom is -0.495 e. The van der Waals surface area contributed by atoms with Crippen molar-refractivity contribution in [2.75, 3.05) is 0 Å². The summed E-state index contributed by atoms with van der Waals surface area (Å²) >= 11 is 0. The average molecular weight is 437 g/mol. The smallest absolute Gasteiger partial charge is 0.306 e. The Hall–Kier alpha value is -1.55. The monoisotopic (exact) mass is 436 g/mol. The van der Waals surface area contributed by atoms with Gasteiger partial charge in [-0.1, -0.05) is 64.2 Å². The van der Waals surface area contributed by atoms with Crippen LogP contribution in [0.25, 0.3) is 0 Å². The van der Waals surface area contributed by atoms with Gasteiger partial charge in [-0.05, 0) is 51.0 Å². The van der Waals surface area contributed by atoms with Gasteiger partial charge in [-0.25, -0.2) is 0 Å². The molecular formula is C27H48O4. The molecule has 1 rings (SSSR count). The summed E-state index contributed by atoms with van der Waals surface area (Å²) in [6.07, 6.45) is 21.2. The molecule has 180 valence electrons. The first-order chi connectivity index (χ1) is 14.6. The van der Waals surface area contributed by atoms with Crippen LogP contribution in [0.3, 0.4) is 0 Å². The highest BCUT2D eigenvalue weighted by Gasteiger charge is 2.19. The number of hydrogen-bond acceptors (Lipinski definition) is 3. The second kappa shape index (κ2) is 19.2. The molecule has 31 heavy (non-hydrogen) atoms. The van der Waals surface area contributed by atoms with Gasteiger partial charge in [0.05, 0.1) is 5.76 Å². The van der Waals surface area contributed by atoms with Crippen LogP contribution in [0.1, 0.15) is 117 Å². The lowest BCUT2D eigenvalue weighted by Crippen LogP contribution is -2.21. The van der Waals surface area contributed by atoms with Crippen LogP contribution >= 0.6 is 0 Å². The quantitative estimate of drug-likeness (QED) is 0.103. The Morgan fingerprint density at radius 2 is 1.81 bits per heavy atom. The van der Waals surface area contributed by atoms with Crippen LogP contribution in [-0.2, 0) is 14.3 Å². The third kappa shape index (κ3) is 15.0. The molecule has 4 heteroatoms. The summed E-state index contributed by atoms with van der Waals surface area (Å²) in [4.78, 5) is 12.0. The second-order valence-electron chi connectivity index (χ2n) is 8.71. The van der Waals surface area contributed by atoms with Gasteiger partial charge < -0.3 is 14.9 Å². The van der Waals surface area contributed by atoms with Crippen molar-refractivity contribution < 1.29 is 19.7 Å². The van der Waals surface area contributed by atoms with Crippen molar-refractivity contribution in [3.8, 4) is 0 Å². The number of ether oxygens (including phenoxy) is 2. The second-order valence-corrected chi connectivity index (χ2v) is 8.71. The zero-order valence-electron chi connectivity index (χ0n) is 20.3. The van der Waals surface area contributed by atoms with Crippen LogP contribution in [0.5, 0.6) is 0 Å². The Morgan fingerprint density at radius 1 is 1.13 bits per heavy atom. The number of carbonyl (C=O) groups is 1. The molecule has 4 nitrogen and oxygen atoms in total. The van der Waals surface area contributed by atoms with E-state index >= 15 is 0 Å². The van der Waals surface area contributed by atoms with Gasteiger partial charge in [0.15, 0.2) is 0 Å². The summed E-state index contributed by atoms with van der Waals surface area (Å²) in [5.41, 5.74) is 1.22. The van der Waals surface area contributed by atoms with Crippen LogP contribution in [0, 0.1) is 0 Å². The lowest BCUT2D eigenvalue weighted by Gasteiger charge is -2.23. The molecule has 1 fully saturated rings. The van der Waals surface area contributed by atoms with E-state index in [1.54, 1.807) is 0 Å². The molecule has 0 amide bonds. The molecule has 1 aliphatic carbocycles. The number of rotatable bonds is 17. The fourth-order valence-electron chi connectivity index (χ4n) is 4.11. The van der Waals surface area contributed by atoms with Gasteiger partial charge in [-0.3, -0.25) is 4.79 Å². The molecule has 0 saturated heterocycles. The Bertz CT molecular complexity index is 523.